The normalized spacial score (nSPS) is 16.0. The van der Waals surface area contributed by atoms with Gasteiger partial charge in [0.15, 0.2) is 11.5 Å². The first kappa shape index (κ1) is 23.2. The molecule has 0 saturated carbocycles. The van der Waals surface area contributed by atoms with E-state index < -0.39 is 20.0 Å². The minimum atomic E-state index is -4.00. The lowest BCUT2D eigenvalue weighted by molar-refractivity contribution is 0.354. The first-order chi connectivity index (χ1) is 14.7. The summed E-state index contributed by atoms with van der Waals surface area (Å²) in [5, 5.41) is 0. The molecule has 1 aliphatic heterocycles. The van der Waals surface area contributed by atoms with Gasteiger partial charge in [0.1, 0.15) is 10.6 Å². The van der Waals surface area contributed by atoms with E-state index in [4.69, 9.17) is 14.2 Å². The van der Waals surface area contributed by atoms with Crippen LogP contribution in [0.25, 0.3) is 0 Å². The van der Waals surface area contributed by atoms with Crippen LogP contribution in [0, 0.1) is 0 Å². The number of hydrogen-bond acceptors (Lipinski definition) is 7. The molecule has 0 atom stereocenters. The second kappa shape index (κ2) is 9.33. The number of rotatable bonds is 8. The van der Waals surface area contributed by atoms with Crippen molar-refractivity contribution < 1.29 is 31.0 Å². The van der Waals surface area contributed by atoms with Crippen LogP contribution in [0.4, 0.5) is 5.69 Å². The summed E-state index contributed by atoms with van der Waals surface area (Å²) < 4.78 is 70.4. The smallest absolute Gasteiger partial charge is 0.244 e. The molecule has 0 radical (unpaired) electrons. The van der Waals surface area contributed by atoms with Crippen LogP contribution in [0.3, 0.4) is 0 Å². The summed E-state index contributed by atoms with van der Waals surface area (Å²) in [6.45, 7) is 0.311. The molecule has 0 bridgehead atoms. The van der Waals surface area contributed by atoms with Crippen LogP contribution < -0.4 is 23.2 Å². The van der Waals surface area contributed by atoms with Gasteiger partial charge in [0.05, 0.1) is 32.8 Å². The van der Waals surface area contributed by atoms with Gasteiger partial charge in [-0.2, -0.15) is 0 Å². The fraction of sp³-hybridized carbons (Fsp3) is 0.400. The molecule has 0 amide bonds. The maximum absolute atomic E-state index is 13.0. The average molecular weight is 471 g/mol. The molecule has 170 valence electrons. The third kappa shape index (κ3) is 5.05. The summed E-state index contributed by atoms with van der Waals surface area (Å²) in [6.07, 6.45) is 1.30. The Bertz CT molecular complexity index is 1150. The summed E-state index contributed by atoms with van der Waals surface area (Å²) in [6, 6.07) is 9.43. The van der Waals surface area contributed by atoms with E-state index in [9.17, 15) is 16.8 Å². The molecule has 11 heteroatoms. The van der Waals surface area contributed by atoms with Crippen molar-refractivity contribution in [1.29, 1.82) is 0 Å². The quantitative estimate of drug-likeness (QED) is 0.629. The number of ether oxygens (including phenoxy) is 3. The zero-order chi connectivity index (χ0) is 22.6. The summed E-state index contributed by atoms with van der Waals surface area (Å²) in [5.41, 5.74) is 0.960. The highest BCUT2D eigenvalue weighted by Gasteiger charge is 2.28. The van der Waals surface area contributed by atoms with Gasteiger partial charge in [0.2, 0.25) is 20.0 Å². The molecule has 1 aliphatic rings. The van der Waals surface area contributed by atoms with E-state index in [0.717, 1.165) is 0 Å². The van der Waals surface area contributed by atoms with Crippen LogP contribution in [0.2, 0.25) is 0 Å². The molecule has 1 saturated heterocycles. The zero-order valence-electron chi connectivity index (χ0n) is 17.6. The molecule has 1 N–H and O–H groups in total. The van der Waals surface area contributed by atoms with Crippen molar-refractivity contribution in [2.24, 2.45) is 0 Å². The van der Waals surface area contributed by atoms with E-state index in [1.807, 2.05) is 0 Å². The molecular formula is C20H26N2O7S2. The Morgan fingerprint density at radius 2 is 1.61 bits per heavy atom. The third-order valence-corrected chi connectivity index (χ3v) is 8.28. The van der Waals surface area contributed by atoms with Crippen LogP contribution in [-0.2, 0) is 26.6 Å². The van der Waals surface area contributed by atoms with Crippen molar-refractivity contribution in [2.75, 3.05) is 37.9 Å². The average Bonchev–Trinajstić information content (AvgIpc) is 2.76. The molecule has 2 aromatic rings. The monoisotopic (exact) mass is 470 g/mol. The number of nitrogens with one attached hydrogen (secondary N) is 1. The molecule has 1 fully saturated rings. The highest BCUT2D eigenvalue weighted by molar-refractivity contribution is 7.92. The Kier molecular flexibility index (Phi) is 6.97. The molecule has 0 spiro atoms. The Morgan fingerprint density at radius 1 is 0.935 bits per heavy atom. The van der Waals surface area contributed by atoms with Crippen molar-refractivity contribution in [3.05, 3.63) is 42.0 Å². The van der Waals surface area contributed by atoms with Gasteiger partial charge in [-0.05, 0) is 48.7 Å². The van der Waals surface area contributed by atoms with Crippen molar-refractivity contribution in [3.63, 3.8) is 0 Å². The minimum absolute atomic E-state index is 0.00190. The van der Waals surface area contributed by atoms with Crippen molar-refractivity contribution in [3.8, 4) is 17.2 Å². The molecule has 3 rings (SSSR count). The zero-order valence-corrected chi connectivity index (χ0v) is 19.3. The van der Waals surface area contributed by atoms with E-state index in [-0.39, 0.29) is 22.9 Å². The molecule has 1 heterocycles. The van der Waals surface area contributed by atoms with Gasteiger partial charge in [0, 0.05) is 13.1 Å². The van der Waals surface area contributed by atoms with Crippen LogP contribution in [-0.4, -0.2) is 50.5 Å². The highest BCUT2D eigenvalue weighted by atomic mass is 32.2. The fourth-order valence-corrected chi connectivity index (χ4v) is 6.19. The van der Waals surface area contributed by atoms with E-state index in [1.165, 1.54) is 37.8 Å². The molecule has 0 aliphatic carbocycles. The molecule has 2 aromatic carbocycles. The predicted octanol–water partition coefficient (Wildman–Crippen LogP) is 2.12. The van der Waals surface area contributed by atoms with Gasteiger partial charge >= 0.3 is 0 Å². The predicted molar refractivity (Wildman–Crippen MR) is 117 cm³/mol. The fourth-order valence-electron chi connectivity index (χ4n) is 3.36. The van der Waals surface area contributed by atoms with Crippen LogP contribution in [0.15, 0.2) is 41.3 Å². The van der Waals surface area contributed by atoms with Crippen molar-refractivity contribution in [1.82, 2.24) is 4.72 Å². The Morgan fingerprint density at radius 3 is 2.26 bits per heavy atom. The second-order valence-corrected chi connectivity index (χ2v) is 10.7. The first-order valence-electron chi connectivity index (χ1n) is 9.61. The van der Waals surface area contributed by atoms with Gasteiger partial charge in [-0.1, -0.05) is 6.07 Å². The number of sulfonamides is 2. The van der Waals surface area contributed by atoms with E-state index >= 15 is 0 Å². The highest BCUT2D eigenvalue weighted by Crippen LogP contribution is 2.32. The largest absolute Gasteiger partial charge is 0.495 e. The molecule has 0 aromatic heterocycles. The van der Waals surface area contributed by atoms with Crippen LogP contribution >= 0.6 is 0 Å². The summed E-state index contributed by atoms with van der Waals surface area (Å²) in [7, 11) is -3.11. The maximum atomic E-state index is 13.0. The van der Waals surface area contributed by atoms with Gasteiger partial charge in [-0.15, -0.1) is 0 Å². The second-order valence-electron chi connectivity index (χ2n) is 6.94. The standard InChI is InChI=1S/C20H26N2O7S2/c1-27-17-8-6-15(12-19(17)29-3)14-21-31(25,26)20-13-16(7-9-18(20)28-2)22-10-4-5-11-30(22,23)24/h6-9,12-13,21H,4-5,10-11,14H2,1-3H3. The van der Waals surface area contributed by atoms with Crippen LogP contribution in [0.1, 0.15) is 18.4 Å². The Balaban J connectivity index is 1.89. The van der Waals surface area contributed by atoms with E-state index in [2.05, 4.69) is 4.72 Å². The van der Waals surface area contributed by atoms with Crippen molar-refractivity contribution >= 4 is 25.7 Å². The van der Waals surface area contributed by atoms with Gasteiger partial charge in [-0.25, -0.2) is 21.6 Å². The van der Waals surface area contributed by atoms with Gasteiger partial charge in [-0.3, -0.25) is 4.31 Å². The summed E-state index contributed by atoms with van der Waals surface area (Å²) >= 11 is 0. The lowest BCUT2D eigenvalue weighted by atomic mass is 10.2. The van der Waals surface area contributed by atoms with E-state index in [1.54, 1.807) is 24.3 Å². The minimum Gasteiger partial charge on any atom is -0.495 e. The maximum Gasteiger partial charge on any atom is 0.244 e. The van der Waals surface area contributed by atoms with Crippen LogP contribution in [0.5, 0.6) is 17.2 Å². The number of nitrogens with zero attached hydrogens (tertiary/aromatic N) is 1. The number of hydrogen-bond donors (Lipinski definition) is 1. The van der Waals surface area contributed by atoms with E-state index in [0.29, 0.717) is 42.1 Å². The lowest BCUT2D eigenvalue weighted by Crippen LogP contribution is -2.38. The molecule has 31 heavy (non-hydrogen) atoms. The first-order valence-corrected chi connectivity index (χ1v) is 12.7. The molecular weight excluding hydrogens is 444 g/mol. The number of benzene rings is 2. The van der Waals surface area contributed by atoms with Gasteiger partial charge in [0.25, 0.3) is 0 Å². The molecule has 0 unspecified atom stereocenters. The lowest BCUT2D eigenvalue weighted by Gasteiger charge is -2.28. The van der Waals surface area contributed by atoms with Gasteiger partial charge < -0.3 is 14.2 Å². The Hall–Kier alpha value is -2.50. The summed E-state index contributed by atoms with van der Waals surface area (Å²) in [5.74, 6) is 1.18. The number of methoxy groups -OCH3 is 3. The van der Waals surface area contributed by atoms with Crippen molar-refractivity contribution in [2.45, 2.75) is 24.3 Å². The summed E-state index contributed by atoms with van der Waals surface area (Å²) in [4.78, 5) is -0.131. The SMILES string of the molecule is COc1ccc(CNS(=O)(=O)c2cc(N3CCCCS3(=O)=O)ccc2OC)cc1OC. The third-order valence-electron chi connectivity index (χ3n) is 4.99. The number of anilines is 1. The molecule has 9 nitrogen and oxygen atoms in total. The Labute approximate surface area is 183 Å². The topological polar surface area (TPSA) is 111 Å².